The first-order valence-corrected chi connectivity index (χ1v) is 7.01. The zero-order valence-corrected chi connectivity index (χ0v) is 10.8. The van der Waals surface area contributed by atoms with Crippen molar-refractivity contribution in [3.05, 3.63) is 31.3 Å². The minimum absolute atomic E-state index is 0.182. The topological polar surface area (TPSA) is 80.9 Å². The highest BCUT2D eigenvalue weighted by Gasteiger charge is 2.20. The van der Waals surface area contributed by atoms with Crippen LogP contribution in [0.25, 0.3) is 10.2 Å². The van der Waals surface area contributed by atoms with Gasteiger partial charge in [-0.2, -0.15) is 0 Å². The van der Waals surface area contributed by atoms with Crippen LogP contribution in [0.2, 0.25) is 0 Å². The summed E-state index contributed by atoms with van der Waals surface area (Å²) in [6, 6.07) is 0. The summed E-state index contributed by atoms with van der Waals surface area (Å²) in [5, 5.41) is 0.711. The summed E-state index contributed by atoms with van der Waals surface area (Å²) in [5.41, 5.74) is 6.06. The van der Waals surface area contributed by atoms with Gasteiger partial charge in [-0.3, -0.25) is 14.3 Å². The number of fused-ring (bicyclic) bond motifs is 3. The zero-order chi connectivity index (χ0) is 12.7. The Kier molecular flexibility index (Phi) is 2.83. The van der Waals surface area contributed by atoms with Crippen LogP contribution in [0.4, 0.5) is 0 Å². The highest BCUT2D eigenvalue weighted by atomic mass is 32.1. The lowest BCUT2D eigenvalue weighted by Gasteiger charge is -2.10. The molecule has 0 fully saturated rings. The molecule has 0 radical (unpaired) electrons. The molecular weight excluding hydrogens is 250 g/mol. The van der Waals surface area contributed by atoms with Crippen molar-refractivity contribution < 1.29 is 0 Å². The van der Waals surface area contributed by atoms with Crippen molar-refractivity contribution in [3.8, 4) is 0 Å². The summed E-state index contributed by atoms with van der Waals surface area (Å²) < 4.78 is 1.21. The molecule has 6 heteroatoms. The SMILES string of the molecule is NCCn1c(=O)[nH]c2sc3c(c2c1=O)CCCC3. The van der Waals surface area contributed by atoms with Crippen LogP contribution in [0.15, 0.2) is 9.59 Å². The molecule has 2 heterocycles. The van der Waals surface area contributed by atoms with Gasteiger partial charge in [-0.15, -0.1) is 11.3 Å². The van der Waals surface area contributed by atoms with Gasteiger partial charge in [0.25, 0.3) is 5.56 Å². The fourth-order valence-electron chi connectivity index (χ4n) is 2.60. The normalized spacial score (nSPS) is 14.9. The molecule has 0 bridgehead atoms. The highest BCUT2D eigenvalue weighted by Crippen LogP contribution is 2.32. The van der Waals surface area contributed by atoms with E-state index in [0.717, 1.165) is 29.7 Å². The molecule has 3 rings (SSSR count). The number of nitrogens with two attached hydrogens (primary N) is 1. The molecule has 0 atom stereocenters. The molecule has 2 aromatic heterocycles. The molecule has 0 spiro atoms. The molecule has 0 aromatic carbocycles. The second-order valence-corrected chi connectivity index (χ2v) is 5.70. The van der Waals surface area contributed by atoms with E-state index in [1.807, 2.05) is 0 Å². The van der Waals surface area contributed by atoms with Gasteiger partial charge in [0.05, 0.1) is 5.39 Å². The molecule has 0 amide bonds. The monoisotopic (exact) mass is 265 g/mol. The van der Waals surface area contributed by atoms with Crippen molar-refractivity contribution in [2.24, 2.45) is 5.73 Å². The van der Waals surface area contributed by atoms with E-state index in [2.05, 4.69) is 4.98 Å². The van der Waals surface area contributed by atoms with Gasteiger partial charge in [0.2, 0.25) is 0 Å². The molecule has 0 saturated carbocycles. The van der Waals surface area contributed by atoms with Gasteiger partial charge in [-0.25, -0.2) is 4.79 Å². The number of aryl methyl sites for hydroxylation is 2. The fourth-order valence-corrected chi connectivity index (χ4v) is 3.88. The second kappa shape index (κ2) is 4.37. The Morgan fingerprint density at radius 3 is 2.83 bits per heavy atom. The Balaban J connectivity index is 2.36. The van der Waals surface area contributed by atoms with Gasteiger partial charge >= 0.3 is 5.69 Å². The standard InChI is InChI=1S/C12H15N3O2S/c13-5-6-15-11(16)9-7-3-1-2-4-8(7)18-10(9)14-12(15)17/h1-6,13H2,(H,14,17). The van der Waals surface area contributed by atoms with Crippen LogP contribution in [0.1, 0.15) is 23.3 Å². The lowest BCUT2D eigenvalue weighted by Crippen LogP contribution is -2.37. The molecular formula is C12H15N3O2S. The highest BCUT2D eigenvalue weighted by molar-refractivity contribution is 7.18. The van der Waals surface area contributed by atoms with Crippen LogP contribution < -0.4 is 17.0 Å². The maximum absolute atomic E-state index is 12.4. The lowest BCUT2D eigenvalue weighted by atomic mass is 9.97. The van der Waals surface area contributed by atoms with Crippen LogP contribution >= 0.6 is 11.3 Å². The number of hydrogen-bond acceptors (Lipinski definition) is 4. The summed E-state index contributed by atoms with van der Waals surface area (Å²) in [5.74, 6) is 0. The number of aromatic amines is 1. The number of nitrogens with one attached hydrogen (secondary N) is 1. The summed E-state index contributed by atoms with van der Waals surface area (Å²) in [6.07, 6.45) is 4.25. The Labute approximate surface area is 107 Å². The van der Waals surface area contributed by atoms with E-state index in [0.29, 0.717) is 11.9 Å². The van der Waals surface area contributed by atoms with E-state index < -0.39 is 0 Å². The second-order valence-electron chi connectivity index (χ2n) is 4.59. The Morgan fingerprint density at radius 1 is 1.28 bits per heavy atom. The Morgan fingerprint density at radius 2 is 2.06 bits per heavy atom. The number of hydrogen-bond donors (Lipinski definition) is 2. The van der Waals surface area contributed by atoms with Crippen LogP contribution in [0.3, 0.4) is 0 Å². The van der Waals surface area contributed by atoms with Gasteiger partial charge in [-0.05, 0) is 31.2 Å². The van der Waals surface area contributed by atoms with E-state index >= 15 is 0 Å². The van der Waals surface area contributed by atoms with Gasteiger partial charge < -0.3 is 5.73 Å². The Hall–Kier alpha value is -1.40. The lowest BCUT2D eigenvalue weighted by molar-refractivity contribution is 0.645. The maximum Gasteiger partial charge on any atom is 0.329 e. The largest absolute Gasteiger partial charge is 0.329 e. The van der Waals surface area contributed by atoms with Crippen molar-refractivity contribution in [3.63, 3.8) is 0 Å². The van der Waals surface area contributed by atoms with Crippen molar-refractivity contribution in [1.82, 2.24) is 9.55 Å². The molecule has 3 N–H and O–H groups in total. The number of rotatable bonds is 2. The van der Waals surface area contributed by atoms with Crippen molar-refractivity contribution in [2.75, 3.05) is 6.54 Å². The van der Waals surface area contributed by atoms with E-state index in [1.165, 1.54) is 15.9 Å². The van der Waals surface area contributed by atoms with E-state index in [-0.39, 0.29) is 17.8 Å². The van der Waals surface area contributed by atoms with Crippen LogP contribution in [0, 0.1) is 0 Å². The molecule has 96 valence electrons. The number of aromatic nitrogens is 2. The minimum Gasteiger partial charge on any atom is -0.329 e. The molecule has 5 nitrogen and oxygen atoms in total. The molecule has 0 unspecified atom stereocenters. The van der Waals surface area contributed by atoms with E-state index in [9.17, 15) is 9.59 Å². The first-order valence-electron chi connectivity index (χ1n) is 6.20. The first kappa shape index (κ1) is 11.7. The van der Waals surface area contributed by atoms with Crippen molar-refractivity contribution in [2.45, 2.75) is 32.2 Å². The Bertz CT molecular complexity index is 710. The summed E-state index contributed by atoms with van der Waals surface area (Å²) in [6.45, 7) is 0.565. The van der Waals surface area contributed by atoms with Crippen molar-refractivity contribution >= 4 is 21.6 Å². The molecule has 18 heavy (non-hydrogen) atoms. The maximum atomic E-state index is 12.4. The van der Waals surface area contributed by atoms with E-state index in [1.54, 1.807) is 11.3 Å². The summed E-state index contributed by atoms with van der Waals surface area (Å²) in [4.78, 5) is 29.0. The van der Waals surface area contributed by atoms with Gasteiger partial charge in [-0.1, -0.05) is 0 Å². The molecule has 1 aliphatic carbocycles. The molecule has 0 saturated heterocycles. The van der Waals surface area contributed by atoms with Gasteiger partial charge in [0, 0.05) is 18.0 Å². The smallest absolute Gasteiger partial charge is 0.329 e. The van der Waals surface area contributed by atoms with Gasteiger partial charge in [0.15, 0.2) is 0 Å². The number of thiophene rings is 1. The van der Waals surface area contributed by atoms with Crippen LogP contribution in [-0.4, -0.2) is 16.1 Å². The average molecular weight is 265 g/mol. The van der Waals surface area contributed by atoms with Crippen molar-refractivity contribution in [1.29, 1.82) is 0 Å². The number of H-pyrrole nitrogens is 1. The van der Waals surface area contributed by atoms with Crippen LogP contribution in [0.5, 0.6) is 0 Å². The number of nitrogens with zero attached hydrogens (tertiary/aromatic N) is 1. The molecule has 1 aliphatic rings. The van der Waals surface area contributed by atoms with E-state index in [4.69, 9.17) is 5.73 Å². The van der Waals surface area contributed by atoms with Crippen LogP contribution in [-0.2, 0) is 19.4 Å². The minimum atomic E-state index is -0.350. The third-order valence-corrected chi connectivity index (χ3v) is 4.66. The third kappa shape index (κ3) is 1.64. The predicted molar refractivity (Wildman–Crippen MR) is 72.4 cm³/mol. The average Bonchev–Trinajstić information content (AvgIpc) is 2.72. The molecule has 0 aliphatic heterocycles. The predicted octanol–water partition coefficient (Wildman–Crippen LogP) is 0.589. The zero-order valence-electron chi connectivity index (χ0n) is 9.99. The summed E-state index contributed by atoms with van der Waals surface area (Å²) in [7, 11) is 0. The fraction of sp³-hybridized carbons (Fsp3) is 0.500. The quantitative estimate of drug-likeness (QED) is 0.834. The van der Waals surface area contributed by atoms with Gasteiger partial charge in [0.1, 0.15) is 4.83 Å². The third-order valence-electron chi connectivity index (χ3n) is 3.45. The molecule has 2 aromatic rings. The summed E-state index contributed by atoms with van der Waals surface area (Å²) >= 11 is 1.55. The first-order chi connectivity index (χ1) is 8.72.